The summed E-state index contributed by atoms with van der Waals surface area (Å²) in [7, 11) is 0. The van der Waals surface area contributed by atoms with Crippen LogP contribution in [-0.4, -0.2) is 31.2 Å². The summed E-state index contributed by atoms with van der Waals surface area (Å²) in [5.74, 6) is 0.687. The Labute approximate surface area is 151 Å². The van der Waals surface area contributed by atoms with Crippen molar-refractivity contribution in [3.05, 3.63) is 53.6 Å². The fourth-order valence-electron chi connectivity index (χ4n) is 2.63. The van der Waals surface area contributed by atoms with E-state index in [1.165, 1.54) is 0 Å². The van der Waals surface area contributed by atoms with E-state index in [4.69, 9.17) is 4.74 Å². The third kappa shape index (κ3) is 4.54. The van der Waals surface area contributed by atoms with E-state index in [1.807, 2.05) is 48.7 Å². The lowest BCUT2D eigenvalue weighted by molar-refractivity contribution is -0.116. The molecular weight excluding hydrogens is 336 g/mol. The lowest BCUT2D eigenvalue weighted by Crippen LogP contribution is -2.28. The number of nitrogens with one attached hydrogen (secondary N) is 2. The third-order valence-electron chi connectivity index (χ3n) is 3.98. The van der Waals surface area contributed by atoms with Gasteiger partial charge in [0, 0.05) is 22.6 Å². The highest BCUT2D eigenvalue weighted by atomic mass is 32.2. The topological polar surface area (TPSA) is 67.4 Å². The minimum Gasteiger partial charge on any atom is -0.492 e. The first-order valence-electron chi connectivity index (χ1n) is 8.13. The zero-order chi connectivity index (χ0) is 17.6. The molecule has 6 heteroatoms. The smallest absolute Gasteiger partial charge is 0.251 e. The average molecular weight is 356 g/mol. The zero-order valence-corrected chi connectivity index (χ0v) is 14.8. The maximum atomic E-state index is 12.1. The quantitative estimate of drug-likeness (QED) is 0.616. The summed E-state index contributed by atoms with van der Waals surface area (Å²) in [6.07, 6.45) is 3.23. The van der Waals surface area contributed by atoms with Crippen LogP contribution in [0.15, 0.2) is 47.4 Å². The number of anilines is 1. The van der Waals surface area contributed by atoms with Crippen LogP contribution in [0.1, 0.15) is 22.3 Å². The molecule has 1 heterocycles. The van der Waals surface area contributed by atoms with Crippen LogP contribution in [0.3, 0.4) is 0 Å². The molecule has 0 radical (unpaired) electrons. The number of thioether (sulfide) groups is 1. The van der Waals surface area contributed by atoms with E-state index in [-0.39, 0.29) is 11.8 Å². The molecule has 0 saturated heterocycles. The van der Waals surface area contributed by atoms with Crippen molar-refractivity contribution >= 4 is 29.3 Å². The monoisotopic (exact) mass is 356 g/mol. The van der Waals surface area contributed by atoms with Crippen molar-refractivity contribution in [1.82, 2.24) is 5.32 Å². The standard InChI is InChI=1S/C19H20N2O3S/c1-25-16-6-2-13(3-7-16)19(23)20-10-11-24-15-5-8-17-14(12-15)4-9-18(22)21-17/h2-3,5-8,12H,4,9-11H2,1H3,(H,20,23)(H,21,22). The van der Waals surface area contributed by atoms with Gasteiger partial charge >= 0.3 is 0 Å². The number of fused-ring (bicyclic) bond motifs is 1. The number of amides is 2. The van der Waals surface area contributed by atoms with Crippen LogP contribution in [-0.2, 0) is 11.2 Å². The molecule has 2 aromatic rings. The molecule has 1 aliphatic rings. The summed E-state index contributed by atoms with van der Waals surface area (Å²) in [5, 5.41) is 5.69. The molecule has 0 atom stereocenters. The summed E-state index contributed by atoms with van der Waals surface area (Å²) < 4.78 is 5.69. The van der Waals surface area contributed by atoms with Crippen molar-refractivity contribution in [2.75, 3.05) is 24.7 Å². The highest BCUT2D eigenvalue weighted by molar-refractivity contribution is 7.98. The minimum absolute atomic E-state index is 0.0504. The van der Waals surface area contributed by atoms with Crippen LogP contribution >= 0.6 is 11.8 Å². The van der Waals surface area contributed by atoms with Gasteiger partial charge in [0.05, 0.1) is 6.54 Å². The Morgan fingerprint density at radius 1 is 1.20 bits per heavy atom. The molecule has 1 aliphatic heterocycles. The molecular formula is C19H20N2O3S. The number of hydrogen-bond acceptors (Lipinski definition) is 4. The molecule has 0 fully saturated rings. The number of carbonyl (C=O) groups excluding carboxylic acids is 2. The average Bonchev–Trinajstić information content (AvgIpc) is 2.65. The molecule has 2 N–H and O–H groups in total. The van der Waals surface area contributed by atoms with Crippen LogP contribution in [0.5, 0.6) is 5.75 Å². The van der Waals surface area contributed by atoms with Gasteiger partial charge in [0.25, 0.3) is 5.91 Å². The maximum absolute atomic E-state index is 12.1. The first kappa shape index (κ1) is 17.4. The second kappa shape index (κ2) is 8.07. The van der Waals surface area contributed by atoms with Gasteiger partial charge in [-0.05, 0) is 60.7 Å². The van der Waals surface area contributed by atoms with E-state index in [1.54, 1.807) is 11.8 Å². The Balaban J connectivity index is 1.46. The van der Waals surface area contributed by atoms with Gasteiger partial charge < -0.3 is 15.4 Å². The number of aryl methyl sites for hydroxylation is 1. The predicted octanol–water partition coefficient (Wildman–Crippen LogP) is 3.10. The van der Waals surface area contributed by atoms with E-state index in [0.717, 1.165) is 28.3 Å². The highest BCUT2D eigenvalue weighted by Crippen LogP contribution is 2.26. The summed E-state index contributed by atoms with van der Waals surface area (Å²) in [4.78, 5) is 24.5. The molecule has 0 bridgehead atoms. The van der Waals surface area contributed by atoms with Crippen molar-refractivity contribution in [1.29, 1.82) is 0 Å². The maximum Gasteiger partial charge on any atom is 0.251 e. The Hall–Kier alpha value is -2.47. The van der Waals surface area contributed by atoms with Gasteiger partial charge in [-0.3, -0.25) is 9.59 Å². The number of rotatable bonds is 6. The zero-order valence-electron chi connectivity index (χ0n) is 14.0. The van der Waals surface area contributed by atoms with Crippen LogP contribution in [0, 0.1) is 0 Å². The van der Waals surface area contributed by atoms with Gasteiger partial charge in [-0.2, -0.15) is 0 Å². The van der Waals surface area contributed by atoms with Gasteiger partial charge in [0.1, 0.15) is 12.4 Å². The highest BCUT2D eigenvalue weighted by Gasteiger charge is 2.15. The SMILES string of the molecule is CSc1ccc(C(=O)NCCOc2ccc3c(c2)CCC(=O)N3)cc1. The molecule has 25 heavy (non-hydrogen) atoms. The van der Waals surface area contributed by atoms with Crippen molar-refractivity contribution in [2.24, 2.45) is 0 Å². The van der Waals surface area contributed by atoms with Gasteiger partial charge in [-0.25, -0.2) is 0 Å². The summed E-state index contributed by atoms with van der Waals surface area (Å²) >= 11 is 1.64. The molecule has 0 unspecified atom stereocenters. The van der Waals surface area contributed by atoms with E-state index in [0.29, 0.717) is 25.1 Å². The molecule has 5 nitrogen and oxygen atoms in total. The molecule has 2 amide bonds. The normalized spacial score (nSPS) is 12.9. The van der Waals surface area contributed by atoms with Crippen molar-refractivity contribution in [3.8, 4) is 5.75 Å². The van der Waals surface area contributed by atoms with Crippen molar-refractivity contribution in [2.45, 2.75) is 17.7 Å². The van der Waals surface area contributed by atoms with Gasteiger partial charge in [-0.1, -0.05) is 0 Å². The summed E-state index contributed by atoms with van der Waals surface area (Å²) in [6, 6.07) is 13.1. The molecule has 0 aromatic heterocycles. The number of hydrogen-bond donors (Lipinski definition) is 2. The lowest BCUT2D eigenvalue weighted by Gasteiger charge is -2.17. The lowest BCUT2D eigenvalue weighted by atomic mass is 10.0. The van der Waals surface area contributed by atoms with Crippen molar-refractivity contribution in [3.63, 3.8) is 0 Å². The molecule has 3 rings (SSSR count). The van der Waals surface area contributed by atoms with E-state index in [9.17, 15) is 9.59 Å². The molecule has 2 aromatic carbocycles. The third-order valence-corrected chi connectivity index (χ3v) is 4.72. The van der Waals surface area contributed by atoms with Crippen LogP contribution in [0.2, 0.25) is 0 Å². The second-order valence-electron chi connectivity index (χ2n) is 5.70. The van der Waals surface area contributed by atoms with E-state index < -0.39 is 0 Å². The predicted molar refractivity (Wildman–Crippen MR) is 99.4 cm³/mol. The van der Waals surface area contributed by atoms with E-state index in [2.05, 4.69) is 10.6 Å². The molecule has 0 spiro atoms. The fraction of sp³-hybridized carbons (Fsp3) is 0.263. The first-order valence-corrected chi connectivity index (χ1v) is 9.36. The van der Waals surface area contributed by atoms with Gasteiger partial charge in [0.15, 0.2) is 0 Å². The van der Waals surface area contributed by atoms with Crippen LogP contribution in [0.25, 0.3) is 0 Å². The Bertz CT molecular complexity index is 775. The van der Waals surface area contributed by atoms with Gasteiger partial charge in [-0.15, -0.1) is 11.8 Å². The molecule has 130 valence electrons. The number of carbonyl (C=O) groups is 2. The fourth-order valence-corrected chi connectivity index (χ4v) is 3.04. The second-order valence-corrected chi connectivity index (χ2v) is 6.58. The Morgan fingerprint density at radius 3 is 2.76 bits per heavy atom. The first-order chi connectivity index (χ1) is 12.2. The minimum atomic E-state index is -0.107. The number of ether oxygens (including phenoxy) is 1. The molecule has 0 saturated carbocycles. The summed E-state index contributed by atoms with van der Waals surface area (Å²) in [5.41, 5.74) is 2.57. The molecule has 0 aliphatic carbocycles. The van der Waals surface area contributed by atoms with E-state index >= 15 is 0 Å². The van der Waals surface area contributed by atoms with Crippen molar-refractivity contribution < 1.29 is 14.3 Å². The van der Waals surface area contributed by atoms with Crippen LogP contribution in [0.4, 0.5) is 5.69 Å². The van der Waals surface area contributed by atoms with Gasteiger partial charge in [0.2, 0.25) is 5.91 Å². The Morgan fingerprint density at radius 2 is 2.00 bits per heavy atom. The Kier molecular flexibility index (Phi) is 5.60. The van der Waals surface area contributed by atoms with Crippen LogP contribution < -0.4 is 15.4 Å². The largest absolute Gasteiger partial charge is 0.492 e. The number of benzene rings is 2. The summed E-state index contributed by atoms with van der Waals surface area (Å²) in [6.45, 7) is 0.816.